The lowest BCUT2D eigenvalue weighted by Crippen LogP contribution is -2.33. The summed E-state index contributed by atoms with van der Waals surface area (Å²) in [5.74, 6) is -0.0603. The van der Waals surface area contributed by atoms with Gasteiger partial charge in [0.25, 0.3) is 5.91 Å². The number of amides is 2. The van der Waals surface area contributed by atoms with Crippen LogP contribution in [0.5, 0.6) is 0 Å². The Kier molecular flexibility index (Phi) is 7.07. The molecule has 7 heteroatoms. The van der Waals surface area contributed by atoms with Gasteiger partial charge in [0.05, 0.1) is 15.1 Å². The van der Waals surface area contributed by atoms with Crippen molar-refractivity contribution in [3.8, 4) is 0 Å². The third kappa shape index (κ3) is 5.57. The number of para-hydroxylation sites is 1. The van der Waals surface area contributed by atoms with Crippen molar-refractivity contribution < 1.29 is 9.59 Å². The van der Waals surface area contributed by atoms with E-state index in [0.29, 0.717) is 30.8 Å². The highest BCUT2D eigenvalue weighted by molar-refractivity contribution is 7.22. The molecule has 0 aliphatic rings. The number of benzene rings is 2. The number of rotatable bonds is 9. The molecule has 0 bridgehead atoms. The molecule has 1 N–H and O–H groups in total. The zero-order valence-electron chi connectivity index (χ0n) is 17.0. The van der Waals surface area contributed by atoms with E-state index < -0.39 is 0 Å². The maximum atomic E-state index is 13.1. The van der Waals surface area contributed by atoms with Gasteiger partial charge in [-0.25, -0.2) is 4.98 Å². The average Bonchev–Trinajstić information content (AvgIpc) is 3.47. The van der Waals surface area contributed by atoms with Gasteiger partial charge in [-0.15, -0.1) is 11.3 Å². The Morgan fingerprint density at radius 1 is 0.968 bits per heavy atom. The van der Waals surface area contributed by atoms with E-state index in [2.05, 4.69) is 17.4 Å². The summed E-state index contributed by atoms with van der Waals surface area (Å²) in [4.78, 5) is 32.3. The van der Waals surface area contributed by atoms with Gasteiger partial charge in [0.15, 0.2) is 5.13 Å². The fourth-order valence-corrected chi connectivity index (χ4v) is 4.91. The van der Waals surface area contributed by atoms with Crippen molar-refractivity contribution in [1.29, 1.82) is 0 Å². The van der Waals surface area contributed by atoms with E-state index >= 15 is 0 Å². The number of carbonyl (C=O) groups is 2. The van der Waals surface area contributed by atoms with Crippen molar-refractivity contribution in [2.75, 3.05) is 18.0 Å². The Labute approximate surface area is 189 Å². The average molecular weight is 450 g/mol. The number of aromatic nitrogens is 1. The molecule has 31 heavy (non-hydrogen) atoms. The Morgan fingerprint density at radius 2 is 1.77 bits per heavy atom. The number of carbonyl (C=O) groups excluding carboxylic acids is 2. The molecule has 0 spiro atoms. The molecule has 5 nitrogen and oxygen atoms in total. The Hall–Kier alpha value is -3.03. The lowest BCUT2D eigenvalue weighted by molar-refractivity contribution is -0.118. The summed E-state index contributed by atoms with van der Waals surface area (Å²) in [6.45, 7) is 1.04. The van der Waals surface area contributed by atoms with Crippen LogP contribution in [0.4, 0.5) is 5.13 Å². The molecule has 0 radical (unpaired) electrons. The number of hydrogen-bond acceptors (Lipinski definition) is 5. The summed E-state index contributed by atoms with van der Waals surface area (Å²) in [5, 5.41) is 5.49. The zero-order chi connectivity index (χ0) is 21.5. The van der Waals surface area contributed by atoms with Crippen molar-refractivity contribution in [3.63, 3.8) is 0 Å². The lowest BCUT2D eigenvalue weighted by Gasteiger charge is -2.20. The number of fused-ring (bicyclic) bond motifs is 1. The first kappa shape index (κ1) is 21.2. The van der Waals surface area contributed by atoms with Crippen LogP contribution in [0, 0.1) is 0 Å². The molecule has 0 unspecified atom stereocenters. The van der Waals surface area contributed by atoms with Gasteiger partial charge in [-0.3, -0.25) is 14.5 Å². The summed E-state index contributed by atoms with van der Waals surface area (Å²) < 4.78 is 1.07. The highest BCUT2D eigenvalue weighted by Crippen LogP contribution is 2.29. The van der Waals surface area contributed by atoms with Crippen molar-refractivity contribution in [3.05, 3.63) is 82.6 Å². The van der Waals surface area contributed by atoms with Crippen LogP contribution in [0.3, 0.4) is 0 Å². The number of anilines is 1. The first-order valence-electron chi connectivity index (χ1n) is 10.2. The van der Waals surface area contributed by atoms with Gasteiger partial charge in [0, 0.05) is 19.5 Å². The normalized spacial score (nSPS) is 10.8. The Balaban J connectivity index is 1.40. The minimum Gasteiger partial charge on any atom is -0.351 e. The van der Waals surface area contributed by atoms with E-state index in [-0.39, 0.29) is 11.8 Å². The molecule has 0 aliphatic heterocycles. The molecule has 0 fully saturated rings. The summed E-state index contributed by atoms with van der Waals surface area (Å²) in [5.41, 5.74) is 2.09. The van der Waals surface area contributed by atoms with Gasteiger partial charge in [-0.2, -0.15) is 0 Å². The van der Waals surface area contributed by atoms with Gasteiger partial charge in [0.1, 0.15) is 0 Å². The first-order valence-corrected chi connectivity index (χ1v) is 11.9. The lowest BCUT2D eigenvalue weighted by atomic mass is 10.1. The predicted octanol–water partition coefficient (Wildman–Crippen LogP) is 5.14. The molecule has 0 atom stereocenters. The van der Waals surface area contributed by atoms with E-state index in [4.69, 9.17) is 4.98 Å². The molecular formula is C24H23N3O2S2. The van der Waals surface area contributed by atoms with Crippen LogP contribution in [0.25, 0.3) is 10.2 Å². The number of hydrogen-bond donors (Lipinski definition) is 1. The van der Waals surface area contributed by atoms with E-state index in [9.17, 15) is 9.59 Å². The standard InChI is InChI=1S/C24H23N3O2S2/c28-22(13-6-15-25-23(29)21-12-7-17-30-21)27(16-14-18-8-2-1-3-9-18)24-26-19-10-4-5-11-20(19)31-24/h1-5,7-12,17H,6,13-16H2,(H,25,29). The van der Waals surface area contributed by atoms with Crippen molar-refractivity contribution in [2.45, 2.75) is 19.3 Å². The highest BCUT2D eigenvalue weighted by atomic mass is 32.1. The van der Waals surface area contributed by atoms with Crippen molar-refractivity contribution >= 4 is 49.8 Å². The maximum absolute atomic E-state index is 13.1. The van der Waals surface area contributed by atoms with Crippen LogP contribution >= 0.6 is 22.7 Å². The van der Waals surface area contributed by atoms with Crippen molar-refractivity contribution in [1.82, 2.24) is 10.3 Å². The number of nitrogens with one attached hydrogen (secondary N) is 1. The van der Waals surface area contributed by atoms with E-state index in [1.54, 1.807) is 11.0 Å². The van der Waals surface area contributed by atoms with Crippen LogP contribution in [0.15, 0.2) is 72.1 Å². The minimum absolute atomic E-state index is 0.0281. The van der Waals surface area contributed by atoms with E-state index in [1.807, 2.05) is 53.9 Å². The topological polar surface area (TPSA) is 62.3 Å². The minimum atomic E-state index is -0.0884. The fraction of sp³-hybridized carbons (Fsp3) is 0.208. The highest BCUT2D eigenvalue weighted by Gasteiger charge is 2.19. The van der Waals surface area contributed by atoms with Crippen LogP contribution in [0.1, 0.15) is 28.1 Å². The second-order valence-electron chi connectivity index (χ2n) is 7.08. The van der Waals surface area contributed by atoms with E-state index in [0.717, 1.165) is 21.8 Å². The zero-order valence-corrected chi connectivity index (χ0v) is 18.6. The molecule has 0 saturated heterocycles. The second-order valence-corrected chi connectivity index (χ2v) is 9.04. The van der Waals surface area contributed by atoms with Crippen LogP contribution in [-0.2, 0) is 11.2 Å². The molecule has 158 valence electrons. The SMILES string of the molecule is O=C(NCCCC(=O)N(CCc1ccccc1)c1nc2ccccc2s1)c1cccs1. The molecule has 4 rings (SSSR count). The third-order valence-corrected chi connectivity index (χ3v) is 6.81. The number of thiophene rings is 1. The third-order valence-electron chi connectivity index (χ3n) is 4.88. The second kappa shape index (κ2) is 10.3. The van der Waals surface area contributed by atoms with Crippen LogP contribution < -0.4 is 10.2 Å². The smallest absolute Gasteiger partial charge is 0.261 e. The van der Waals surface area contributed by atoms with Gasteiger partial charge in [0.2, 0.25) is 5.91 Å². The first-order chi connectivity index (χ1) is 15.2. The molecule has 0 saturated carbocycles. The van der Waals surface area contributed by atoms with Crippen LogP contribution in [-0.4, -0.2) is 29.9 Å². The largest absolute Gasteiger partial charge is 0.351 e. The van der Waals surface area contributed by atoms with Crippen molar-refractivity contribution in [2.24, 2.45) is 0 Å². The molecular weight excluding hydrogens is 426 g/mol. The number of nitrogens with zero attached hydrogens (tertiary/aromatic N) is 2. The molecule has 2 aromatic heterocycles. The molecule has 4 aromatic rings. The molecule has 0 aliphatic carbocycles. The molecule has 2 amide bonds. The summed E-state index contributed by atoms with van der Waals surface area (Å²) >= 11 is 2.95. The van der Waals surface area contributed by atoms with Crippen LogP contribution in [0.2, 0.25) is 0 Å². The summed E-state index contributed by atoms with van der Waals surface area (Å²) in [7, 11) is 0. The maximum Gasteiger partial charge on any atom is 0.261 e. The summed E-state index contributed by atoms with van der Waals surface area (Å²) in [6, 6.07) is 21.7. The van der Waals surface area contributed by atoms with Gasteiger partial charge in [-0.1, -0.05) is 59.9 Å². The Bertz CT molecular complexity index is 1110. The predicted molar refractivity (Wildman–Crippen MR) is 128 cm³/mol. The van der Waals surface area contributed by atoms with Gasteiger partial charge >= 0.3 is 0 Å². The quantitative estimate of drug-likeness (QED) is 0.360. The van der Waals surface area contributed by atoms with E-state index in [1.165, 1.54) is 28.2 Å². The monoisotopic (exact) mass is 449 g/mol. The Morgan fingerprint density at radius 3 is 2.55 bits per heavy atom. The van der Waals surface area contributed by atoms with Gasteiger partial charge < -0.3 is 5.32 Å². The number of thiazole rings is 1. The molecule has 2 heterocycles. The van der Waals surface area contributed by atoms with Gasteiger partial charge in [-0.05, 0) is 42.0 Å². The summed E-state index contributed by atoms with van der Waals surface area (Å²) in [6.07, 6.45) is 1.70. The molecule has 2 aromatic carbocycles. The fourth-order valence-electron chi connectivity index (χ4n) is 3.26.